The largest absolute Gasteiger partial charge is 0.481 e. The predicted octanol–water partition coefficient (Wildman–Crippen LogP) is 1.91. The van der Waals surface area contributed by atoms with Gasteiger partial charge < -0.3 is 14.7 Å². The first-order valence-corrected chi connectivity index (χ1v) is 8.21. The number of hydrogen-bond donors (Lipinski definition) is 1. The highest BCUT2D eigenvalue weighted by Gasteiger charge is 2.47. The number of carbonyl (C=O) groups excluding carboxylic acids is 1. The lowest BCUT2D eigenvalue weighted by molar-refractivity contribution is -0.157. The summed E-state index contributed by atoms with van der Waals surface area (Å²) >= 11 is 0. The molecule has 1 saturated carbocycles. The van der Waals surface area contributed by atoms with Gasteiger partial charge in [-0.1, -0.05) is 12.8 Å². The van der Waals surface area contributed by atoms with Gasteiger partial charge in [-0.2, -0.15) is 0 Å². The predicted molar refractivity (Wildman–Crippen MR) is 76.8 cm³/mol. The fourth-order valence-electron chi connectivity index (χ4n) is 3.83. The molecule has 21 heavy (non-hydrogen) atoms. The highest BCUT2D eigenvalue weighted by Crippen LogP contribution is 2.45. The maximum atomic E-state index is 12.6. The summed E-state index contributed by atoms with van der Waals surface area (Å²) in [5.41, 5.74) is -0.694. The molecule has 1 N–H and O–H groups in total. The van der Waals surface area contributed by atoms with E-state index in [0.717, 1.165) is 51.5 Å². The number of carboxylic acids is 1. The zero-order valence-corrected chi connectivity index (χ0v) is 12.6. The Labute approximate surface area is 125 Å². The van der Waals surface area contributed by atoms with Gasteiger partial charge in [0.1, 0.15) is 0 Å². The number of amides is 1. The molecular formula is C16H25NO4. The molecule has 0 aromatic heterocycles. The quantitative estimate of drug-likeness (QED) is 0.860. The van der Waals surface area contributed by atoms with E-state index in [9.17, 15) is 14.7 Å². The van der Waals surface area contributed by atoms with Crippen LogP contribution >= 0.6 is 0 Å². The molecule has 118 valence electrons. The first-order chi connectivity index (χ1) is 10.1. The minimum Gasteiger partial charge on any atom is -0.481 e. The molecule has 1 amide bonds. The van der Waals surface area contributed by atoms with Gasteiger partial charge in [0.05, 0.1) is 5.41 Å². The number of carbonyl (C=O) groups is 2. The fraction of sp³-hybridized carbons (Fsp3) is 0.875. The van der Waals surface area contributed by atoms with E-state index >= 15 is 0 Å². The zero-order valence-electron chi connectivity index (χ0n) is 12.6. The summed E-state index contributed by atoms with van der Waals surface area (Å²) in [4.78, 5) is 26.3. The molecule has 0 spiro atoms. The standard InChI is InChI=1S/C16H25NO4/c18-14(13-4-8-21-9-5-13)17-7-1-6-16(11-17,15(19)20)10-12-2-3-12/h12-13H,1-11H2,(H,19,20)/t16-/m1/s1. The van der Waals surface area contributed by atoms with E-state index < -0.39 is 11.4 Å². The average molecular weight is 295 g/mol. The van der Waals surface area contributed by atoms with Crippen LogP contribution in [0.3, 0.4) is 0 Å². The molecule has 2 saturated heterocycles. The second kappa shape index (κ2) is 5.95. The van der Waals surface area contributed by atoms with E-state index in [-0.39, 0.29) is 11.8 Å². The molecule has 3 rings (SSSR count). The zero-order chi connectivity index (χ0) is 14.9. The van der Waals surface area contributed by atoms with Crippen LogP contribution in [0.1, 0.15) is 44.9 Å². The fourth-order valence-corrected chi connectivity index (χ4v) is 3.83. The minimum absolute atomic E-state index is 0.0317. The van der Waals surface area contributed by atoms with E-state index in [4.69, 9.17) is 4.74 Å². The van der Waals surface area contributed by atoms with Gasteiger partial charge in [0.15, 0.2) is 0 Å². The van der Waals surface area contributed by atoms with Crippen molar-refractivity contribution in [3.8, 4) is 0 Å². The van der Waals surface area contributed by atoms with E-state index in [1.807, 2.05) is 4.90 Å². The number of nitrogens with zero attached hydrogens (tertiary/aromatic N) is 1. The number of carboxylic acid groups (broad SMARTS) is 1. The van der Waals surface area contributed by atoms with Crippen molar-refractivity contribution in [1.29, 1.82) is 0 Å². The van der Waals surface area contributed by atoms with Crippen LogP contribution in [0.5, 0.6) is 0 Å². The Balaban J connectivity index is 1.68. The second-order valence-electron chi connectivity index (χ2n) is 6.98. The van der Waals surface area contributed by atoms with Gasteiger partial charge in [-0.15, -0.1) is 0 Å². The maximum Gasteiger partial charge on any atom is 0.311 e. The summed E-state index contributed by atoms with van der Waals surface area (Å²) in [6, 6.07) is 0. The molecule has 1 aliphatic carbocycles. The molecule has 2 heterocycles. The van der Waals surface area contributed by atoms with Crippen molar-refractivity contribution in [2.24, 2.45) is 17.3 Å². The number of rotatable bonds is 4. The van der Waals surface area contributed by atoms with Crippen LogP contribution in [0.15, 0.2) is 0 Å². The first-order valence-electron chi connectivity index (χ1n) is 8.21. The van der Waals surface area contributed by atoms with Crippen LogP contribution in [0, 0.1) is 17.3 Å². The van der Waals surface area contributed by atoms with Crippen molar-refractivity contribution < 1.29 is 19.4 Å². The normalized spacial score (nSPS) is 31.1. The molecule has 0 radical (unpaired) electrons. The topological polar surface area (TPSA) is 66.8 Å². The third kappa shape index (κ3) is 3.23. The van der Waals surface area contributed by atoms with Crippen molar-refractivity contribution in [1.82, 2.24) is 4.90 Å². The molecule has 5 nitrogen and oxygen atoms in total. The second-order valence-corrected chi connectivity index (χ2v) is 6.98. The molecule has 3 fully saturated rings. The Morgan fingerprint density at radius 3 is 2.52 bits per heavy atom. The Morgan fingerprint density at radius 2 is 1.90 bits per heavy atom. The van der Waals surface area contributed by atoms with Crippen LogP contribution in [0.2, 0.25) is 0 Å². The molecule has 0 aromatic carbocycles. The van der Waals surface area contributed by atoms with Gasteiger partial charge in [0.2, 0.25) is 5.91 Å². The summed E-state index contributed by atoms with van der Waals surface area (Å²) in [6.07, 6.45) is 6.15. The average Bonchev–Trinajstić information content (AvgIpc) is 3.31. The van der Waals surface area contributed by atoms with Gasteiger partial charge in [-0.25, -0.2) is 0 Å². The minimum atomic E-state index is -0.709. The third-order valence-corrected chi connectivity index (χ3v) is 5.29. The summed E-state index contributed by atoms with van der Waals surface area (Å²) in [5, 5.41) is 9.72. The summed E-state index contributed by atoms with van der Waals surface area (Å²) in [6.45, 7) is 2.43. The van der Waals surface area contributed by atoms with Crippen LogP contribution in [-0.4, -0.2) is 48.2 Å². The monoisotopic (exact) mass is 295 g/mol. The smallest absolute Gasteiger partial charge is 0.311 e. The SMILES string of the molecule is O=C(C1CCOCC1)N1CCC[C@](CC2CC2)(C(=O)O)C1. The van der Waals surface area contributed by atoms with E-state index in [0.29, 0.717) is 25.7 Å². The molecule has 0 unspecified atom stereocenters. The highest BCUT2D eigenvalue weighted by molar-refractivity contribution is 5.81. The van der Waals surface area contributed by atoms with Gasteiger partial charge >= 0.3 is 5.97 Å². The van der Waals surface area contributed by atoms with Gasteiger partial charge in [0.25, 0.3) is 0 Å². The van der Waals surface area contributed by atoms with E-state index in [1.54, 1.807) is 0 Å². The van der Waals surface area contributed by atoms with Crippen molar-refractivity contribution in [3.05, 3.63) is 0 Å². The van der Waals surface area contributed by atoms with Crippen LogP contribution in [0.4, 0.5) is 0 Å². The van der Waals surface area contributed by atoms with Gasteiger partial charge in [-0.05, 0) is 38.0 Å². The number of hydrogen-bond acceptors (Lipinski definition) is 3. The Bertz CT molecular complexity index is 415. The van der Waals surface area contributed by atoms with Crippen LogP contribution in [0.25, 0.3) is 0 Å². The summed E-state index contributed by atoms with van der Waals surface area (Å²) in [7, 11) is 0. The Morgan fingerprint density at radius 1 is 1.19 bits per heavy atom. The molecule has 2 aliphatic heterocycles. The summed E-state index contributed by atoms with van der Waals surface area (Å²) < 4.78 is 5.31. The van der Waals surface area contributed by atoms with Crippen LogP contribution in [-0.2, 0) is 14.3 Å². The number of likely N-dealkylation sites (tertiary alicyclic amines) is 1. The Hall–Kier alpha value is -1.10. The van der Waals surface area contributed by atoms with Crippen LogP contribution < -0.4 is 0 Å². The van der Waals surface area contributed by atoms with Crippen molar-refractivity contribution in [2.45, 2.75) is 44.9 Å². The highest BCUT2D eigenvalue weighted by atomic mass is 16.5. The number of aliphatic carboxylic acids is 1. The number of ether oxygens (including phenoxy) is 1. The number of piperidine rings is 1. The molecule has 1 atom stereocenters. The third-order valence-electron chi connectivity index (χ3n) is 5.29. The molecule has 5 heteroatoms. The molecular weight excluding hydrogens is 270 g/mol. The summed E-state index contributed by atoms with van der Waals surface area (Å²) in [5.74, 6) is 0.0433. The lowest BCUT2D eigenvalue weighted by atomic mass is 9.75. The van der Waals surface area contributed by atoms with Gasteiger partial charge in [0, 0.05) is 32.2 Å². The molecule has 3 aliphatic rings. The van der Waals surface area contributed by atoms with E-state index in [2.05, 4.69) is 0 Å². The lowest BCUT2D eigenvalue weighted by Crippen LogP contribution is -2.52. The Kier molecular flexibility index (Phi) is 4.20. The lowest BCUT2D eigenvalue weighted by Gasteiger charge is -2.41. The molecule has 0 bridgehead atoms. The van der Waals surface area contributed by atoms with Crippen molar-refractivity contribution in [2.75, 3.05) is 26.3 Å². The van der Waals surface area contributed by atoms with E-state index in [1.165, 1.54) is 0 Å². The first kappa shape index (κ1) is 14.8. The van der Waals surface area contributed by atoms with Crippen molar-refractivity contribution >= 4 is 11.9 Å². The maximum absolute atomic E-state index is 12.6. The van der Waals surface area contributed by atoms with Gasteiger partial charge in [-0.3, -0.25) is 9.59 Å². The molecule has 0 aromatic rings. The van der Waals surface area contributed by atoms with Crippen molar-refractivity contribution in [3.63, 3.8) is 0 Å².